The number of anilines is 1. The van der Waals surface area contributed by atoms with Crippen molar-refractivity contribution in [1.82, 2.24) is 9.97 Å². The minimum absolute atomic E-state index is 0.218. The Labute approximate surface area is 104 Å². The van der Waals surface area contributed by atoms with Crippen molar-refractivity contribution in [2.45, 2.75) is 13.5 Å². The smallest absolute Gasteiger partial charge is 0.131 e. The van der Waals surface area contributed by atoms with Gasteiger partial charge in [0.25, 0.3) is 0 Å². The van der Waals surface area contributed by atoms with Crippen molar-refractivity contribution in [2.75, 3.05) is 5.32 Å². The van der Waals surface area contributed by atoms with E-state index in [9.17, 15) is 4.39 Å². The minimum Gasteiger partial charge on any atom is -0.367 e. The van der Waals surface area contributed by atoms with Crippen molar-refractivity contribution in [3.05, 3.63) is 52.2 Å². The van der Waals surface area contributed by atoms with Crippen molar-refractivity contribution in [3.63, 3.8) is 0 Å². The molecule has 1 aromatic carbocycles. The molecule has 0 saturated carbocycles. The lowest BCUT2D eigenvalue weighted by molar-refractivity contribution is 0.613. The maximum atomic E-state index is 13.4. The molecule has 88 valence electrons. The van der Waals surface area contributed by atoms with Crippen LogP contribution in [-0.2, 0) is 6.54 Å². The summed E-state index contributed by atoms with van der Waals surface area (Å²) in [5, 5.41) is 3.08. The maximum Gasteiger partial charge on any atom is 0.131 e. The molecule has 0 fully saturated rings. The zero-order valence-electron chi connectivity index (χ0n) is 9.33. The van der Waals surface area contributed by atoms with Gasteiger partial charge in [-0.05, 0) is 13.0 Å². The first-order valence-corrected chi connectivity index (χ1v) is 5.61. The van der Waals surface area contributed by atoms with Gasteiger partial charge in [0.2, 0.25) is 0 Å². The zero-order chi connectivity index (χ0) is 12.3. The first kappa shape index (κ1) is 11.7. The van der Waals surface area contributed by atoms with Crippen LogP contribution in [0.3, 0.4) is 0 Å². The molecule has 3 nitrogen and oxygen atoms in total. The zero-order valence-corrected chi connectivity index (χ0v) is 10.1. The second kappa shape index (κ2) is 5.05. The van der Waals surface area contributed by atoms with Crippen LogP contribution in [0.25, 0.3) is 0 Å². The van der Waals surface area contributed by atoms with Gasteiger partial charge in [-0.2, -0.15) is 0 Å². The Balaban J connectivity index is 2.13. The van der Waals surface area contributed by atoms with E-state index in [2.05, 4.69) is 15.3 Å². The quantitative estimate of drug-likeness (QED) is 0.821. The summed E-state index contributed by atoms with van der Waals surface area (Å²) in [7, 11) is 0. The molecule has 0 amide bonds. The molecule has 0 bridgehead atoms. The lowest BCUT2D eigenvalue weighted by Gasteiger charge is -2.07. The van der Waals surface area contributed by atoms with E-state index in [4.69, 9.17) is 12.2 Å². The van der Waals surface area contributed by atoms with E-state index in [1.165, 1.54) is 6.07 Å². The molecule has 2 aromatic rings. The third kappa shape index (κ3) is 3.10. The highest BCUT2D eigenvalue weighted by Crippen LogP contribution is 2.10. The fraction of sp³-hybridized carbons (Fsp3) is 0.167. The number of benzene rings is 1. The summed E-state index contributed by atoms with van der Waals surface area (Å²) in [5.41, 5.74) is 0.612. The summed E-state index contributed by atoms with van der Waals surface area (Å²) in [6, 6.07) is 8.37. The molecule has 0 saturated heterocycles. The number of H-pyrrole nitrogens is 1. The van der Waals surface area contributed by atoms with Gasteiger partial charge in [0.1, 0.15) is 22.1 Å². The number of hydrogen-bond acceptors (Lipinski definition) is 3. The Kier molecular flexibility index (Phi) is 3.49. The van der Waals surface area contributed by atoms with E-state index in [1.807, 2.05) is 6.92 Å². The first-order valence-electron chi connectivity index (χ1n) is 5.20. The van der Waals surface area contributed by atoms with Crippen LogP contribution in [0.2, 0.25) is 0 Å². The molecule has 0 radical (unpaired) electrons. The normalized spacial score (nSPS) is 10.2. The van der Waals surface area contributed by atoms with Crippen LogP contribution in [0.5, 0.6) is 0 Å². The van der Waals surface area contributed by atoms with Gasteiger partial charge in [0.15, 0.2) is 0 Å². The average Bonchev–Trinajstić information content (AvgIpc) is 2.27. The highest BCUT2D eigenvalue weighted by molar-refractivity contribution is 7.71. The van der Waals surface area contributed by atoms with Gasteiger partial charge >= 0.3 is 0 Å². The second-order valence-electron chi connectivity index (χ2n) is 3.66. The largest absolute Gasteiger partial charge is 0.367 e. The molecular formula is C12H12FN3S. The third-order valence-corrected chi connectivity index (χ3v) is 2.50. The van der Waals surface area contributed by atoms with Crippen molar-refractivity contribution in [2.24, 2.45) is 0 Å². The number of aromatic amines is 1. The number of aryl methyl sites for hydroxylation is 1. The van der Waals surface area contributed by atoms with Gasteiger partial charge in [0, 0.05) is 18.2 Å². The fourth-order valence-electron chi connectivity index (χ4n) is 1.51. The summed E-state index contributed by atoms with van der Waals surface area (Å²) in [6.07, 6.45) is 0. The van der Waals surface area contributed by atoms with Gasteiger partial charge in [-0.1, -0.05) is 30.4 Å². The van der Waals surface area contributed by atoms with Crippen molar-refractivity contribution < 1.29 is 4.39 Å². The molecule has 0 spiro atoms. The minimum atomic E-state index is -0.218. The van der Waals surface area contributed by atoms with Crippen LogP contribution in [0.4, 0.5) is 10.2 Å². The predicted octanol–water partition coefficient (Wildman–Crippen LogP) is 3.20. The summed E-state index contributed by atoms with van der Waals surface area (Å²) in [4.78, 5) is 7.08. The van der Waals surface area contributed by atoms with E-state index in [1.54, 1.807) is 24.3 Å². The molecule has 0 aliphatic heterocycles. The fourth-order valence-corrected chi connectivity index (χ4v) is 1.76. The maximum absolute atomic E-state index is 13.4. The first-order chi connectivity index (χ1) is 8.15. The van der Waals surface area contributed by atoms with Gasteiger partial charge in [-0.25, -0.2) is 9.37 Å². The molecule has 2 N–H and O–H groups in total. The van der Waals surface area contributed by atoms with E-state index in [0.29, 0.717) is 16.7 Å². The third-order valence-electron chi connectivity index (χ3n) is 2.29. The van der Waals surface area contributed by atoms with Gasteiger partial charge in [-0.15, -0.1) is 0 Å². The Bertz CT molecular complexity index is 580. The SMILES string of the molecule is Cc1nc(=S)cc(NCc2ccccc2F)[nH]1. The Morgan fingerprint density at radius 1 is 1.41 bits per heavy atom. The standard InChI is InChI=1S/C12H12FN3S/c1-8-15-11(6-12(17)16-8)14-7-9-4-2-3-5-10(9)13/h2-6H,7H2,1H3,(H2,14,15,16,17). The molecule has 17 heavy (non-hydrogen) atoms. The van der Waals surface area contributed by atoms with E-state index in [0.717, 1.165) is 11.6 Å². The summed E-state index contributed by atoms with van der Waals surface area (Å²) in [5.74, 6) is 1.25. The molecule has 0 aliphatic rings. The summed E-state index contributed by atoms with van der Waals surface area (Å²) < 4.78 is 13.9. The van der Waals surface area contributed by atoms with Crippen LogP contribution in [0, 0.1) is 17.4 Å². The molecule has 0 unspecified atom stereocenters. The summed E-state index contributed by atoms with van der Waals surface area (Å²) in [6.45, 7) is 2.23. The average molecular weight is 249 g/mol. The predicted molar refractivity (Wildman–Crippen MR) is 67.9 cm³/mol. The van der Waals surface area contributed by atoms with Crippen molar-refractivity contribution >= 4 is 18.0 Å². The van der Waals surface area contributed by atoms with Crippen LogP contribution in [-0.4, -0.2) is 9.97 Å². The lowest BCUT2D eigenvalue weighted by atomic mass is 10.2. The number of rotatable bonds is 3. The Hall–Kier alpha value is -1.75. The second-order valence-corrected chi connectivity index (χ2v) is 4.08. The van der Waals surface area contributed by atoms with Gasteiger partial charge in [-0.3, -0.25) is 0 Å². The molecule has 2 rings (SSSR count). The summed E-state index contributed by atoms with van der Waals surface area (Å²) >= 11 is 5.00. The number of nitrogens with one attached hydrogen (secondary N) is 2. The number of hydrogen-bond donors (Lipinski definition) is 2. The molecule has 1 aromatic heterocycles. The van der Waals surface area contributed by atoms with Gasteiger partial charge in [0.05, 0.1) is 0 Å². The van der Waals surface area contributed by atoms with Crippen LogP contribution < -0.4 is 5.32 Å². The molecule has 0 aliphatic carbocycles. The van der Waals surface area contributed by atoms with Crippen LogP contribution in [0.1, 0.15) is 11.4 Å². The number of halogens is 1. The molecule has 5 heteroatoms. The van der Waals surface area contributed by atoms with E-state index < -0.39 is 0 Å². The van der Waals surface area contributed by atoms with E-state index in [-0.39, 0.29) is 5.82 Å². The Morgan fingerprint density at radius 3 is 2.88 bits per heavy atom. The highest BCUT2D eigenvalue weighted by Gasteiger charge is 2.00. The topological polar surface area (TPSA) is 40.7 Å². The van der Waals surface area contributed by atoms with Crippen molar-refractivity contribution in [1.29, 1.82) is 0 Å². The molecule has 0 atom stereocenters. The number of aromatic nitrogens is 2. The van der Waals surface area contributed by atoms with E-state index >= 15 is 0 Å². The lowest BCUT2D eigenvalue weighted by Crippen LogP contribution is -2.04. The van der Waals surface area contributed by atoms with Crippen LogP contribution >= 0.6 is 12.2 Å². The van der Waals surface area contributed by atoms with Gasteiger partial charge < -0.3 is 10.3 Å². The van der Waals surface area contributed by atoms with Crippen molar-refractivity contribution in [3.8, 4) is 0 Å². The number of nitrogens with zero attached hydrogens (tertiary/aromatic N) is 1. The molecule has 1 heterocycles. The highest BCUT2D eigenvalue weighted by atomic mass is 32.1. The Morgan fingerprint density at radius 2 is 2.18 bits per heavy atom. The van der Waals surface area contributed by atoms with Crippen LogP contribution in [0.15, 0.2) is 30.3 Å². The monoisotopic (exact) mass is 249 g/mol. The molecular weight excluding hydrogens is 237 g/mol.